The number of hydrogen-bond donors (Lipinski definition) is 0. The smallest absolute Gasteiger partial charge is 0.229 e. The van der Waals surface area contributed by atoms with Gasteiger partial charge in [0.2, 0.25) is 6.08 Å². The molecule has 5 heteroatoms. The summed E-state index contributed by atoms with van der Waals surface area (Å²) in [6.07, 6.45) is 4.62. The van der Waals surface area contributed by atoms with Gasteiger partial charge in [-0.05, 0) is 24.0 Å². The van der Waals surface area contributed by atoms with Crippen LogP contribution in [0, 0.1) is 0 Å². The van der Waals surface area contributed by atoms with Gasteiger partial charge in [-0.15, -0.1) is 0 Å². The van der Waals surface area contributed by atoms with E-state index in [-0.39, 0.29) is 11.2 Å². The van der Waals surface area contributed by atoms with Gasteiger partial charge in [-0.3, -0.25) is 0 Å². The molecule has 4 nitrogen and oxygen atoms in total. The molecule has 96 valence electrons. The molecule has 0 bridgehead atoms. The van der Waals surface area contributed by atoms with Crippen LogP contribution < -0.4 is 0 Å². The highest BCUT2D eigenvalue weighted by Crippen LogP contribution is 2.49. The first-order valence-corrected chi connectivity index (χ1v) is 7.82. The first-order chi connectivity index (χ1) is 8.45. The molecule has 18 heavy (non-hydrogen) atoms. The summed E-state index contributed by atoms with van der Waals surface area (Å²) in [6, 6.07) is 7.65. The molecular formula is C13H15NO3S. The van der Waals surface area contributed by atoms with E-state index in [1.54, 1.807) is 0 Å². The highest BCUT2D eigenvalue weighted by molar-refractivity contribution is 7.90. The van der Waals surface area contributed by atoms with Crippen molar-refractivity contribution < 1.29 is 13.2 Å². The van der Waals surface area contributed by atoms with E-state index in [1.807, 2.05) is 24.3 Å². The molecule has 0 saturated heterocycles. The Kier molecular flexibility index (Phi) is 3.37. The predicted octanol–water partition coefficient (Wildman–Crippen LogP) is 1.60. The summed E-state index contributed by atoms with van der Waals surface area (Å²) in [5.74, 6) is 0.214. The molecule has 0 radical (unpaired) electrons. The average Bonchev–Trinajstić information content (AvgIpc) is 3.05. The Morgan fingerprint density at radius 1 is 1.28 bits per heavy atom. The fourth-order valence-electron chi connectivity index (χ4n) is 2.26. The van der Waals surface area contributed by atoms with E-state index in [0.29, 0.717) is 6.54 Å². The quantitative estimate of drug-likeness (QED) is 0.600. The largest absolute Gasteiger partial charge is 0.235 e. The number of sulfone groups is 1. The summed E-state index contributed by atoms with van der Waals surface area (Å²) in [4.78, 5) is 13.5. The monoisotopic (exact) mass is 265 g/mol. The first kappa shape index (κ1) is 13.0. The van der Waals surface area contributed by atoms with Crippen molar-refractivity contribution in [2.24, 2.45) is 4.99 Å². The molecule has 1 saturated carbocycles. The maximum Gasteiger partial charge on any atom is 0.235 e. The molecule has 1 fully saturated rings. The van der Waals surface area contributed by atoms with Gasteiger partial charge in [-0.1, -0.05) is 24.3 Å². The van der Waals surface area contributed by atoms with Gasteiger partial charge in [0.1, 0.15) is 9.84 Å². The molecule has 0 unspecified atom stereocenters. The van der Waals surface area contributed by atoms with Gasteiger partial charge in [0.05, 0.1) is 12.3 Å². The molecule has 1 aromatic carbocycles. The zero-order valence-corrected chi connectivity index (χ0v) is 11.0. The van der Waals surface area contributed by atoms with Crippen LogP contribution in [0.5, 0.6) is 0 Å². The van der Waals surface area contributed by atoms with Crippen molar-refractivity contribution in [2.75, 3.05) is 12.0 Å². The number of isocyanates is 1. The van der Waals surface area contributed by atoms with Gasteiger partial charge >= 0.3 is 0 Å². The van der Waals surface area contributed by atoms with E-state index in [2.05, 4.69) is 4.99 Å². The second-order valence-electron chi connectivity index (χ2n) is 4.95. The molecule has 0 N–H and O–H groups in total. The first-order valence-electron chi connectivity index (χ1n) is 5.76. The van der Waals surface area contributed by atoms with Crippen molar-refractivity contribution in [3.05, 3.63) is 35.4 Å². The summed E-state index contributed by atoms with van der Waals surface area (Å²) < 4.78 is 22.8. The van der Waals surface area contributed by atoms with Crippen LogP contribution in [0.2, 0.25) is 0 Å². The molecule has 0 amide bonds. The lowest BCUT2D eigenvalue weighted by Gasteiger charge is -2.14. The molecule has 2 rings (SSSR count). The van der Waals surface area contributed by atoms with Gasteiger partial charge in [-0.2, -0.15) is 0 Å². The normalized spacial score (nSPS) is 16.9. The summed E-state index contributed by atoms with van der Waals surface area (Å²) in [5, 5.41) is 0. The predicted molar refractivity (Wildman–Crippen MR) is 68.9 cm³/mol. The van der Waals surface area contributed by atoms with Gasteiger partial charge in [0.15, 0.2) is 0 Å². The number of carbonyl (C=O) groups excluding carboxylic acids is 1. The van der Waals surface area contributed by atoms with Gasteiger partial charge in [0.25, 0.3) is 0 Å². The van der Waals surface area contributed by atoms with Crippen LogP contribution >= 0.6 is 0 Å². The zero-order chi connectivity index (χ0) is 13.2. The molecule has 1 aromatic rings. The third-order valence-electron chi connectivity index (χ3n) is 3.28. The summed E-state index contributed by atoms with van der Waals surface area (Å²) >= 11 is 0. The summed E-state index contributed by atoms with van der Waals surface area (Å²) in [6.45, 7) is 0.322. The molecule has 0 atom stereocenters. The van der Waals surface area contributed by atoms with E-state index >= 15 is 0 Å². The Balaban J connectivity index is 2.17. The molecule has 0 heterocycles. The molecule has 0 aromatic heterocycles. The minimum absolute atomic E-state index is 0.181. The topological polar surface area (TPSA) is 63.6 Å². The van der Waals surface area contributed by atoms with Crippen LogP contribution in [-0.4, -0.2) is 26.5 Å². The lowest BCUT2D eigenvalue weighted by molar-refractivity contribution is 0.562. The molecule has 0 spiro atoms. The van der Waals surface area contributed by atoms with Crippen molar-refractivity contribution in [2.45, 2.75) is 24.8 Å². The highest BCUT2D eigenvalue weighted by atomic mass is 32.2. The van der Waals surface area contributed by atoms with E-state index in [9.17, 15) is 13.2 Å². The van der Waals surface area contributed by atoms with Crippen LogP contribution in [0.25, 0.3) is 0 Å². The Bertz CT molecular complexity index is 579. The maximum atomic E-state index is 11.4. The number of hydrogen-bond acceptors (Lipinski definition) is 4. The molecule has 0 aliphatic heterocycles. The van der Waals surface area contributed by atoms with Crippen LogP contribution in [0.3, 0.4) is 0 Å². The molecule has 1 aliphatic carbocycles. The lowest BCUT2D eigenvalue weighted by Crippen LogP contribution is -2.19. The third-order valence-corrected chi connectivity index (χ3v) is 4.36. The number of rotatable bonds is 5. The Morgan fingerprint density at radius 2 is 1.89 bits per heavy atom. The SMILES string of the molecule is CS(=O)(=O)CC1(c2ccc(CN=C=O)cc2)CC1. The number of benzene rings is 1. The van der Waals surface area contributed by atoms with Gasteiger partial charge < -0.3 is 0 Å². The number of nitrogens with zero attached hydrogens (tertiary/aromatic N) is 1. The maximum absolute atomic E-state index is 11.4. The minimum Gasteiger partial charge on any atom is -0.229 e. The Morgan fingerprint density at radius 3 is 2.33 bits per heavy atom. The fourth-order valence-corrected chi connectivity index (χ4v) is 3.72. The molecular weight excluding hydrogens is 250 g/mol. The Labute approximate surface area is 107 Å². The lowest BCUT2D eigenvalue weighted by atomic mass is 9.97. The highest BCUT2D eigenvalue weighted by Gasteiger charge is 2.46. The van der Waals surface area contributed by atoms with Gasteiger partial charge in [0, 0.05) is 11.7 Å². The molecule has 1 aliphatic rings. The van der Waals surface area contributed by atoms with Crippen LogP contribution in [0.4, 0.5) is 0 Å². The summed E-state index contributed by atoms with van der Waals surface area (Å²) in [5.41, 5.74) is 1.81. The van der Waals surface area contributed by atoms with Gasteiger partial charge in [-0.25, -0.2) is 18.2 Å². The van der Waals surface area contributed by atoms with Crippen LogP contribution in [-0.2, 0) is 26.6 Å². The Hall–Kier alpha value is -1.45. The van der Waals surface area contributed by atoms with Crippen LogP contribution in [0.15, 0.2) is 29.3 Å². The van der Waals surface area contributed by atoms with Crippen LogP contribution in [0.1, 0.15) is 24.0 Å². The third kappa shape index (κ3) is 3.06. The second-order valence-corrected chi connectivity index (χ2v) is 7.10. The average molecular weight is 265 g/mol. The number of aliphatic imine (C=N–C) groups is 1. The van der Waals surface area contributed by atoms with Crippen molar-refractivity contribution in [1.82, 2.24) is 0 Å². The van der Waals surface area contributed by atoms with Crippen molar-refractivity contribution in [3.63, 3.8) is 0 Å². The standard InChI is InChI=1S/C13H15NO3S/c1-18(16,17)9-13(6-7-13)12-4-2-11(3-5-12)8-14-10-15/h2-5H,6-9H2,1H3. The van der Waals surface area contributed by atoms with Crippen molar-refractivity contribution in [3.8, 4) is 0 Å². The second kappa shape index (κ2) is 4.67. The van der Waals surface area contributed by atoms with E-state index in [0.717, 1.165) is 24.0 Å². The van der Waals surface area contributed by atoms with Crippen molar-refractivity contribution >= 4 is 15.9 Å². The van der Waals surface area contributed by atoms with E-state index in [4.69, 9.17) is 0 Å². The fraction of sp³-hybridized carbons (Fsp3) is 0.462. The minimum atomic E-state index is -2.96. The van der Waals surface area contributed by atoms with Crippen molar-refractivity contribution in [1.29, 1.82) is 0 Å². The van der Waals surface area contributed by atoms with E-state index < -0.39 is 9.84 Å². The summed E-state index contributed by atoms with van der Waals surface area (Å²) in [7, 11) is -2.96. The zero-order valence-electron chi connectivity index (χ0n) is 10.2. The van der Waals surface area contributed by atoms with E-state index in [1.165, 1.54) is 12.3 Å².